The monoisotopic (exact) mass is 486 g/mol. The first-order chi connectivity index (χ1) is 12.6. The topological polar surface area (TPSA) is 39.7 Å². The SMILES string of the molecule is CN=C(NCCc1cc(F)cc(F)c1)NC1CCN(c2ccccc2)C1.I. The van der Waals surface area contributed by atoms with Crippen LogP contribution in [-0.2, 0) is 6.42 Å². The molecule has 2 N–H and O–H groups in total. The van der Waals surface area contributed by atoms with Gasteiger partial charge in [-0.1, -0.05) is 18.2 Å². The molecule has 3 rings (SSSR count). The Balaban J connectivity index is 0.00000261. The maximum Gasteiger partial charge on any atom is 0.191 e. The molecule has 0 bridgehead atoms. The summed E-state index contributed by atoms with van der Waals surface area (Å²) in [6.45, 7) is 2.47. The van der Waals surface area contributed by atoms with Gasteiger partial charge in [-0.15, -0.1) is 24.0 Å². The Hall–Kier alpha value is -1.90. The van der Waals surface area contributed by atoms with Crippen LogP contribution >= 0.6 is 24.0 Å². The molecule has 0 saturated carbocycles. The van der Waals surface area contributed by atoms with Gasteiger partial charge in [-0.25, -0.2) is 8.78 Å². The predicted molar refractivity (Wildman–Crippen MR) is 117 cm³/mol. The summed E-state index contributed by atoms with van der Waals surface area (Å²) in [5.74, 6) is -0.384. The normalized spacial score (nSPS) is 16.8. The lowest BCUT2D eigenvalue weighted by atomic mass is 10.1. The summed E-state index contributed by atoms with van der Waals surface area (Å²) in [7, 11) is 1.72. The van der Waals surface area contributed by atoms with Crippen LogP contribution in [0, 0.1) is 11.6 Å². The average Bonchev–Trinajstić information content (AvgIpc) is 3.09. The number of halogens is 3. The molecule has 27 heavy (non-hydrogen) atoms. The summed E-state index contributed by atoms with van der Waals surface area (Å²) in [6, 6.07) is 14.3. The first-order valence-electron chi connectivity index (χ1n) is 8.86. The highest BCUT2D eigenvalue weighted by Crippen LogP contribution is 2.19. The number of hydrogen-bond acceptors (Lipinski definition) is 2. The van der Waals surface area contributed by atoms with Crippen LogP contribution in [-0.4, -0.2) is 38.7 Å². The van der Waals surface area contributed by atoms with Gasteiger partial charge in [0.25, 0.3) is 0 Å². The molecule has 0 aliphatic carbocycles. The second kappa shape index (κ2) is 10.4. The van der Waals surface area contributed by atoms with Crippen molar-refractivity contribution in [3.63, 3.8) is 0 Å². The summed E-state index contributed by atoms with van der Waals surface area (Å²) in [5, 5.41) is 6.64. The van der Waals surface area contributed by atoms with Gasteiger partial charge in [0, 0.05) is 44.5 Å². The Kier molecular flexibility index (Phi) is 8.27. The lowest BCUT2D eigenvalue weighted by Gasteiger charge is -2.20. The molecule has 1 aliphatic heterocycles. The van der Waals surface area contributed by atoms with Crippen molar-refractivity contribution in [3.8, 4) is 0 Å². The van der Waals surface area contributed by atoms with Gasteiger partial charge in [0.1, 0.15) is 11.6 Å². The molecule has 1 unspecified atom stereocenters. The van der Waals surface area contributed by atoms with E-state index < -0.39 is 11.6 Å². The molecule has 1 fully saturated rings. The van der Waals surface area contributed by atoms with Crippen molar-refractivity contribution >= 4 is 35.6 Å². The van der Waals surface area contributed by atoms with E-state index in [9.17, 15) is 8.78 Å². The molecule has 2 aromatic rings. The summed E-state index contributed by atoms with van der Waals surface area (Å²) in [6.07, 6.45) is 1.56. The van der Waals surface area contributed by atoms with E-state index >= 15 is 0 Å². The van der Waals surface area contributed by atoms with Gasteiger partial charge in [0.2, 0.25) is 0 Å². The summed E-state index contributed by atoms with van der Waals surface area (Å²) < 4.78 is 26.5. The van der Waals surface area contributed by atoms with Crippen LogP contribution in [0.3, 0.4) is 0 Å². The molecule has 2 aromatic carbocycles. The van der Waals surface area contributed by atoms with Crippen molar-refractivity contribution in [2.24, 2.45) is 4.99 Å². The Morgan fingerprint density at radius 2 is 1.85 bits per heavy atom. The van der Waals surface area contributed by atoms with Crippen molar-refractivity contribution in [3.05, 3.63) is 65.7 Å². The predicted octanol–water partition coefficient (Wildman–Crippen LogP) is 3.57. The van der Waals surface area contributed by atoms with Crippen LogP contribution in [0.15, 0.2) is 53.5 Å². The highest BCUT2D eigenvalue weighted by molar-refractivity contribution is 14.0. The molecule has 7 heteroatoms. The fourth-order valence-electron chi connectivity index (χ4n) is 3.22. The van der Waals surface area contributed by atoms with E-state index in [2.05, 4.69) is 32.7 Å². The van der Waals surface area contributed by atoms with Gasteiger partial charge in [-0.2, -0.15) is 0 Å². The number of rotatable bonds is 5. The zero-order chi connectivity index (χ0) is 18.4. The van der Waals surface area contributed by atoms with E-state index in [1.54, 1.807) is 7.05 Å². The largest absolute Gasteiger partial charge is 0.369 e. The van der Waals surface area contributed by atoms with Crippen LogP contribution in [0.4, 0.5) is 14.5 Å². The Labute approximate surface area is 176 Å². The molecule has 4 nitrogen and oxygen atoms in total. The van der Waals surface area contributed by atoms with E-state index in [1.165, 1.54) is 17.8 Å². The minimum absolute atomic E-state index is 0. The Morgan fingerprint density at radius 3 is 2.52 bits per heavy atom. The number of guanidine groups is 1. The van der Waals surface area contributed by atoms with Gasteiger partial charge in [-0.3, -0.25) is 4.99 Å². The molecule has 1 saturated heterocycles. The molecule has 0 radical (unpaired) electrons. The molecule has 0 aromatic heterocycles. The molecule has 0 amide bonds. The van der Waals surface area contributed by atoms with Crippen molar-refractivity contribution < 1.29 is 8.78 Å². The maximum atomic E-state index is 13.2. The van der Waals surface area contributed by atoms with Gasteiger partial charge < -0.3 is 15.5 Å². The third-order valence-corrected chi connectivity index (χ3v) is 4.50. The number of anilines is 1. The zero-order valence-electron chi connectivity index (χ0n) is 15.3. The van der Waals surface area contributed by atoms with Crippen LogP contribution in [0.2, 0.25) is 0 Å². The van der Waals surface area contributed by atoms with E-state index in [0.29, 0.717) is 30.5 Å². The van der Waals surface area contributed by atoms with Gasteiger partial charge in [-0.05, 0) is 42.7 Å². The van der Waals surface area contributed by atoms with Crippen molar-refractivity contribution in [2.45, 2.75) is 18.9 Å². The summed E-state index contributed by atoms with van der Waals surface area (Å²) >= 11 is 0. The minimum Gasteiger partial charge on any atom is -0.369 e. The minimum atomic E-state index is -0.547. The van der Waals surface area contributed by atoms with Crippen LogP contribution in [0.1, 0.15) is 12.0 Å². The Morgan fingerprint density at radius 1 is 1.15 bits per heavy atom. The molecule has 1 atom stereocenters. The number of para-hydroxylation sites is 1. The number of benzene rings is 2. The zero-order valence-corrected chi connectivity index (χ0v) is 17.6. The molecular weight excluding hydrogens is 461 g/mol. The summed E-state index contributed by atoms with van der Waals surface area (Å²) in [5.41, 5.74) is 1.86. The lowest BCUT2D eigenvalue weighted by Crippen LogP contribution is -2.45. The van der Waals surface area contributed by atoms with Crippen molar-refractivity contribution in [2.75, 3.05) is 31.6 Å². The quantitative estimate of drug-likeness (QED) is 0.386. The fraction of sp³-hybridized carbons (Fsp3) is 0.350. The van der Waals surface area contributed by atoms with Gasteiger partial charge >= 0.3 is 0 Å². The molecule has 1 heterocycles. The van der Waals surface area contributed by atoms with E-state index in [1.807, 2.05) is 18.2 Å². The first-order valence-corrected chi connectivity index (χ1v) is 8.86. The van der Waals surface area contributed by atoms with Crippen molar-refractivity contribution in [1.82, 2.24) is 10.6 Å². The molecule has 0 spiro atoms. The summed E-state index contributed by atoms with van der Waals surface area (Å²) in [4.78, 5) is 6.59. The maximum absolute atomic E-state index is 13.2. The molecule has 146 valence electrons. The standard InChI is InChI=1S/C20H24F2N4.HI/c1-23-20(24-9-7-15-11-16(21)13-17(22)12-15)25-18-8-10-26(14-18)19-5-3-2-4-6-19;/h2-6,11-13,18H,7-10,14H2,1H3,(H2,23,24,25);1H. The van der Waals surface area contributed by atoms with Crippen molar-refractivity contribution in [1.29, 1.82) is 0 Å². The third kappa shape index (κ3) is 6.34. The average molecular weight is 486 g/mol. The van der Waals surface area contributed by atoms with Gasteiger partial charge in [0.05, 0.1) is 0 Å². The number of aliphatic imine (C=N–C) groups is 1. The second-order valence-corrected chi connectivity index (χ2v) is 6.44. The second-order valence-electron chi connectivity index (χ2n) is 6.44. The molecular formula is C20H25F2IN4. The molecule has 1 aliphatic rings. The fourth-order valence-corrected chi connectivity index (χ4v) is 3.22. The number of nitrogens with zero attached hydrogens (tertiary/aromatic N) is 2. The highest BCUT2D eigenvalue weighted by atomic mass is 127. The van der Waals surface area contributed by atoms with Gasteiger partial charge in [0.15, 0.2) is 5.96 Å². The smallest absolute Gasteiger partial charge is 0.191 e. The van der Waals surface area contributed by atoms with E-state index in [-0.39, 0.29) is 24.0 Å². The first kappa shape index (κ1) is 21.4. The lowest BCUT2D eigenvalue weighted by molar-refractivity contribution is 0.579. The van der Waals surface area contributed by atoms with E-state index in [0.717, 1.165) is 25.6 Å². The number of nitrogens with one attached hydrogen (secondary N) is 2. The van der Waals surface area contributed by atoms with Crippen LogP contribution in [0.25, 0.3) is 0 Å². The number of hydrogen-bond donors (Lipinski definition) is 2. The highest BCUT2D eigenvalue weighted by Gasteiger charge is 2.23. The van der Waals surface area contributed by atoms with E-state index in [4.69, 9.17) is 0 Å². The third-order valence-electron chi connectivity index (χ3n) is 4.50. The Bertz CT molecular complexity index is 735. The van der Waals surface area contributed by atoms with Crippen LogP contribution in [0.5, 0.6) is 0 Å². The van der Waals surface area contributed by atoms with Crippen LogP contribution < -0.4 is 15.5 Å².